The summed E-state index contributed by atoms with van der Waals surface area (Å²) in [5, 5.41) is 3.13. The Labute approximate surface area is 204 Å². The molecule has 35 heavy (non-hydrogen) atoms. The number of para-hydroxylation sites is 1. The van der Waals surface area contributed by atoms with Gasteiger partial charge in [0.2, 0.25) is 0 Å². The van der Waals surface area contributed by atoms with Crippen molar-refractivity contribution in [3.63, 3.8) is 0 Å². The SMILES string of the molecule is CCC(CO[P@@](NCC(=O)OC(C)C)Oc1ccccc1)OC(C)n1cc(F)c2c(N)ncnc21. The van der Waals surface area contributed by atoms with Crippen molar-refractivity contribution in [3.8, 4) is 5.75 Å². The summed E-state index contributed by atoms with van der Waals surface area (Å²) in [7, 11) is -1.68. The minimum Gasteiger partial charge on any atom is -0.462 e. The molecule has 10 nitrogen and oxygen atoms in total. The van der Waals surface area contributed by atoms with Crippen molar-refractivity contribution in [2.75, 3.05) is 18.9 Å². The molecule has 3 N–H and O–H groups in total. The average molecular weight is 508 g/mol. The van der Waals surface area contributed by atoms with Crippen LogP contribution < -0.4 is 15.3 Å². The fraction of sp³-hybridized carbons (Fsp3) is 0.435. The number of nitrogens with one attached hydrogen (secondary N) is 1. The molecule has 2 heterocycles. The number of esters is 1. The third kappa shape index (κ3) is 7.57. The molecule has 2 aromatic heterocycles. The van der Waals surface area contributed by atoms with Gasteiger partial charge in [0.1, 0.15) is 30.7 Å². The molecular weight excluding hydrogens is 476 g/mol. The fourth-order valence-corrected chi connectivity index (χ4v) is 4.28. The summed E-state index contributed by atoms with van der Waals surface area (Å²) in [6.45, 7) is 7.39. The average Bonchev–Trinajstić information content (AvgIpc) is 3.17. The van der Waals surface area contributed by atoms with Crippen LogP contribution in [0, 0.1) is 5.82 Å². The van der Waals surface area contributed by atoms with Crippen molar-refractivity contribution in [1.82, 2.24) is 19.6 Å². The maximum atomic E-state index is 14.4. The first-order valence-corrected chi connectivity index (χ1v) is 12.5. The van der Waals surface area contributed by atoms with E-state index in [0.29, 0.717) is 17.8 Å². The second-order valence-electron chi connectivity index (χ2n) is 7.94. The quantitative estimate of drug-likeness (QED) is 0.257. The summed E-state index contributed by atoms with van der Waals surface area (Å²) >= 11 is 0. The van der Waals surface area contributed by atoms with E-state index in [0.717, 1.165) is 0 Å². The first-order chi connectivity index (χ1) is 16.8. The molecule has 3 aromatic rings. The van der Waals surface area contributed by atoms with Crippen LogP contribution in [0.25, 0.3) is 11.0 Å². The van der Waals surface area contributed by atoms with Crippen molar-refractivity contribution in [1.29, 1.82) is 0 Å². The van der Waals surface area contributed by atoms with E-state index < -0.39 is 26.5 Å². The predicted molar refractivity (Wildman–Crippen MR) is 131 cm³/mol. The highest BCUT2D eigenvalue weighted by molar-refractivity contribution is 7.45. The topological polar surface area (TPSA) is 123 Å². The Morgan fingerprint density at radius 1 is 1.23 bits per heavy atom. The summed E-state index contributed by atoms with van der Waals surface area (Å²) in [6, 6.07) is 9.14. The Morgan fingerprint density at radius 3 is 2.66 bits per heavy atom. The summed E-state index contributed by atoms with van der Waals surface area (Å²) < 4.78 is 39.2. The number of hydrogen-bond acceptors (Lipinski definition) is 9. The standard InChI is InChI=1S/C23H31FN5O5P/c1-5-17(33-16(4)29-12-19(24)21-22(25)26-14-27-23(21)29)13-31-35(28-11-20(30)32-15(2)3)34-18-9-7-6-8-10-18/h6-10,12,14-17,28H,5,11,13H2,1-4H3,(H2,25,26,27)/t16?,17?,35-/m1/s1. The van der Waals surface area contributed by atoms with Crippen molar-refractivity contribution >= 4 is 31.3 Å². The number of halogens is 1. The number of carbonyl (C=O) groups excluding carboxylic acids is 1. The molecule has 1 aromatic carbocycles. The van der Waals surface area contributed by atoms with E-state index in [1.54, 1.807) is 37.5 Å². The summed E-state index contributed by atoms with van der Waals surface area (Å²) in [5.41, 5.74) is 6.15. The van der Waals surface area contributed by atoms with Crippen LogP contribution >= 0.6 is 8.53 Å². The zero-order valence-corrected chi connectivity index (χ0v) is 21.1. The van der Waals surface area contributed by atoms with E-state index in [1.807, 2.05) is 25.1 Å². The maximum absolute atomic E-state index is 14.4. The highest BCUT2D eigenvalue weighted by atomic mass is 31.2. The molecule has 0 bridgehead atoms. The van der Waals surface area contributed by atoms with Gasteiger partial charge in [0, 0.05) is 6.20 Å². The molecule has 0 aliphatic rings. The number of carbonyl (C=O) groups is 1. The Hall–Kier alpha value is -2.85. The number of nitrogens with zero attached hydrogens (tertiary/aromatic N) is 3. The number of ether oxygens (including phenoxy) is 2. The molecule has 12 heteroatoms. The van der Waals surface area contributed by atoms with E-state index in [9.17, 15) is 9.18 Å². The van der Waals surface area contributed by atoms with Crippen LogP contribution in [-0.2, 0) is 18.8 Å². The van der Waals surface area contributed by atoms with Crippen LogP contribution in [0.4, 0.5) is 10.2 Å². The molecule has 3 rings (SSSR count). The number of hydrogen-bond donors (Lipinski definition) is 2. The number of rotatable bonds is 13. The Morgan fingerprint density at radius 2 is 1.97 bits per heavy atom. The van der Waals surface area contributed by atoms with E-state index in [1.165, 1.54) is 12.5 Å². The zero-order chi connectivity index (χ0) is 25.4. The van der Waals surface area contributed by atoms with Crippen molar-refractivity contribution in [2.24, 2.45) is 0 Å². The van der Waals surface area contributed by atoms with Crippen molar-refractivity contribution in [3.05, 3.63) is 48.7 Å². The van der Waals surface area contributed by atoms with Crippen LogP contribution in [0.5, 0.6) is 5.75 Å². The Balaban J connectivity index is 1.64. The van der Waals surface area contributed by atoms with Crippen molar-refractivity contribution < 1.29 is 27.7 Å². The number of benzene rings is 1. The molecule has 3 atom stereocenters. The molecule has 2 unspecified atom stereocenters. The van der Waals surface area contributed by atoms with Gasteiger partial charge in [-0.05, 0) is 39.3 Å². The molecule has 0 saturated carbocycles. The van der Waals surface area contributed by atoms with E-state index >= 15 is 0 Å². The molecule has 0 spiro atoms. The van der Waals surface area contributed by atoms with Crippen LogP contribution in [0.1, 0.15) is 40.3 Å². The Kier molecular flexibility index (Phi) is 9.73. The number of aromatic nitrogens is 3. The lowest BCUT2D eigenvalue weighted by Crippen LogP contribution is -2.27. The predicted octanol–water partition coefficient (Wildman–Crippen LogP) is 4.33. The van der Waals surface area contributed by atoms with Gasteiger partial charge in [0.15, 0.2) is 11.5 Å². The minimum atomic E-state index is -1.68. The summed E-state index contributed by atoms with van der Waals surface area (Å²) in [6.07, 6.45) is 2.07. The number of anilines is 1. The minimum absolute atomic E-state index is 0.0689. The molecule has 0 aliphatic carbocycles. The molecule has 0 aliphatic heterocycles. The van der Waals surface area contributed by atoms with Crippen LogP contribution in [-0.4, -0.2) is 45.9 Å². The van der Waals surface area contributed by atoms with E-state index in [2.05, 4.69) is 15.1 Å². The summed E-state index contributed by atoms with van der Waals surface area (Å²) in [5.74, 6) is -0.264. The molecule has 0 saturated heterocycles. The van der Waals surface area contributed by atoms with E-state index in [-0.39, 0.29) is 36.6 Å². The molecule has 0 amide bonds. The summed E-state index contributed by atoms with van der Waals surface area (Å²) in [4.78, 5) is 20.0. The van der Waals surface area contributed by atoms with E-state index in [4.69, 9.17) is 24.3 Å². The first-order valence-electron chi connectivity index (χ1n) is 11.3. The number of fused-ring (bicyclic) bond motifs is 1. The van der Waals surface area contributed by atoms with Crippen molar-refractivity contribution in [2.45, 2.75) is 52.6 Å². The molecule has 0 radical (unpaired) electrons. The first kappa shape index (κ1) is 26.7. The van der Waals surface area contributed by atoms with Gasteiger partial charge in [-0.15, -0.1) is 0 Å². The maximum Gasteiger partial charge on any atom is 0.320 e. The molecular formula is C23H31FN5O5P. The normalized spacial score (nSPS) is 14.1. The smallest absolute Gasteiger partial charge is 0.320 e. The van der Waals surface area contributed by atoms with Gasteiger partial charge in [0.05, 0.1) is 24.2 Å². The number of nitrogen functional groups attached to an aromatic ring is 1. The lowest BCUT2D eigenvalue weighted by Gasteiger charge is -2.25. The second kappa shape index (κ2) is 12.7. The third-order valence-corrected chi connectivity index (χ3v) is 6.03. The lowest BCUT2D eigenvalue weighted by atomic mass is 10.3. The third-order valence-electron chi connectivity index (χ3n) is 4.86. The van der Waals surface area contributed by atoms with Gasteiger partial charge in [-0.2, -0.15) is 0 Å². The van der Waals surface area contributed by atoms with Gasteiger partial charge >= 0.3 is 14.5 Å². The highest BCUT2D eigenvalue weighted by Crippen LogP contribution is 2.36. The van der Waals surface area contributed by atoms with Gasteiger partial charge < -0.3 is 28.8 Å². The van der Waals surface area contributed by atoms with Crippen LogP contribution in [0.15, 0.2) is 42.9 Å². The van der Waals surface area contributed by atoms with Gasteiger partial charge in [-0.3, -0.25) is 4.79 Å². The van der Waals surface area contributed by atoms with Crippen LogP contribution in [0.2, 0.25) is 0 Å². The van der Waals surface area contributed by atoms with Gasteiger partial charge in [-0.25, -0.2) is 19.4 Å². The van der Waals surface area contributed by atoms with Crippen LogP contribution in [0.3, 0.4) is 0 Å². The highest BCUT2D eigenvalue weighted by Gasteiger charge is 2.22. The fourth-order valence-electron chi connectivity index (χ4n) is 3.20. The monoisotopic (exact) mass is 507 g/mol. The zero-order valence-electron chi connectivity index (χ0n) is 20.2. The molecule has 190 valence electrons. The largest absolute Gasteiger partial charge is 0.462 e. The number of nitrogens with two attached hydrogens (primary N) is 1. The molecule has 0 fully saturated rings. The lowest BCUT2D eigenvalue weighted by molar-refractivity contribution is -0.145. The van der Waals surface area contributed by atoms with Gasteiger partial charge in [0.25, 0.3) is 0 Å². The second-order valence-corrected chi connectivity index (χ2v) is 9.21. The van der Waals surface area contributed by atoms with Gasteiger partial charge in [-0.1, -0.05) is 25.1 Å². The Bertz CT molecular complexity index is 1100.